The van der Waals surface area contributed by atoms with Crippen LogP contribution in [0, 0.1) is 16.9 Å². The van der Waals surface area contributed by atoms with Gasteiger partial charge in [-0.3, -0.25) is 0 Å². The largest absolute Gasteiger partial charge is 0.323 e. The number of hydrogen-bond acceptors (Lipinski definition) is 3. The number of nitrogens with zero attached hydrogens (tertiary/aromatic N) is 2. The standard InChI is InChI=1S/C8H17N3/c1-8(2,5-10-7-9)6-11(3)4/h10H,5-6H2,1-4H3. The Morgan fingerprint density at radius 3 is 2.36 bits per heavy atom. The van der Waals surface area contributed by atoms with Gasteiger partial charge in [-0.1, -0.05) is 13.8 Å². The van der Waals surface area contributed by atoms with E-state index in [-0.39, 0.29) is 5.41 Å². The van der Waals surface area contributed by atoms with Crippen LogP contribution in [-0.2, 0) is 0 Å². The summed E-state index contributed by atoms with van der Waals surface area (Å²) in [5.74, 6) is 0. The van der Waals surface area contributed by atoms with E-state index in [1.165, 1.54) is 0 Å². The van der Waals surface area contributed by atoms with Gasteiger partial charge in [-0.2, -0.15) is 5.26 Å². The molecule has 0 unspecified atom stereocenters. The second kappa shape index (κ2) is 4.20. The average molecular weight is 155 g/mol. The summed E-state index contributed by atoms with van der Waals surface area (Å²) in [4.78, 5) is 2.12. The third-order valence-electron chi connectivity index (χ3n) is 1.39. The minimum atomic E-state index is 0.166. The van der Waals surface area contributed by atoms with Crippen molar-refractivity contribution in [2.45, 2.75) is 13.8 Å². The van der Waals surface area contributed by atoms with Crippen LogP contribution in [0.1, 0.15) is 13.8 Å². The third-order valence-corrected chi connectivity index (χ3v) is 1.39. The molecule has 0 aliphatic rings. The fourth-order valence-electron chi connectivity index (χ4n) is 1.19. The molecule has 0 heterocycles. The molecule has 0 spiro atoms. The first kappa shape index (κ1) is 10.2. The molecule has 0 bridgehead atoms. The van der Waals surface area contributed by atoms with Crippen molar-refractivity contribution in [2.24, 2.45) is 5.41 Å². The highest BCUT2D eigenvalue weighted by molar-refractivity contribution is 4.78. The second-order valence-electron chi connectivity index (χ2n) is 3.87. The highest BCUT2D eigenvalue weighted by Crippen LogP contribution is 2.13. The van der Waals surface area contributed by atoms with Gasteiger partial charge in [0.2, 0.25) is 0 Å². The van der Waals surface area contributed by atoms with E-state index in [0.29, 0.717) is 0 Å². The minimum Gasteiger partial charge on any atom is -0.323 e. The summed E-state index contributed by atoms with van der Waals surface area (Å²) in [5, 5.41) is 11.0. The molecule has 3 heteroatoms. The van der Waals surface area contributed by atoms with Gasteiger partial charge in [0.1, 0.15) is 0 Å². The predicted octanol–water partition coefficient (Wildman–Crippen LogP) is 0.645. The first-order valence-corrected chi connectivity index (χ1v) is 3.74. The summed E-state index contributed by atoms with van der Waals surface area (Å²) >= 11 is 0. The van der Waals surface area contributed by atoms with Gasteiger partial charge < -0.3 is 10.2 Å². The van der Waals surface area contributed by atoms with Gasteiger partial charge >= 0.3 is 0 Å². The van der Waals surface area contributed by atoms with Crippen LogP contribution >= 0.6 is 0 Å². The lowest BCUT2D eigenvalue weighted by Gasteiger charge is -2.27. The molecule has 0 radical (unpaired) electrons. The van der Waals surface area contributed by atoms with Crippen LogP contribution in [0.4, 0.5) is 0 Å². The topological polar surface area (TPSA) is 39.1 Å². The molecular formula is C8H17N3. The quantitative estimate of drug-likeness (QED) is 0.478. The van der Waals surface area contributed by atoms with Crippen LogP contribution in [0.25, 0.3) is 0 Å². The molecule has 1 N–H and O–H groups in total. The second-order valence-corrected chi connectivity index (χ2v) is 3.87. The van der Waals surface area contributed by atoms with Crippen molar-refractivity contribution in [1.82, 2.24) is 10.2 Å². The van der Waals surface area contributed by atoms with Gasteiger partial charge in [-0.15, -0.1) is 0 Å². The Labute approximate surface area is 69.0 Å². The number of hydrogen-bond donors (Lipinski definition) is 1. The molecule has 0 saturated carbocycles. The predicted molar refractivity (Wildman–Crippen MR) is 46.0 cm³/mol. The molecule has 0 aliphatic carbocycles. The van der Waals surface area contributed by atoms with E-state index < -0.39 is 0 Å². The maximum absolute atomic E-state index is 8.29. The Morgan fingerprint density at radius 1 is 1.45 bits per heavy atom. The van der Waals surface area contributed by atoms with Crippen molar-refractivity contribution >= 4 is 0 Å². The van der Waals surface area contributed by atoms with Crippen molar-refractivity contribution < 1.29 is 0 Å². The average Bonchev–Trinajstić information content (AvgIpc) is 1.81. The van der Waals surface area contributed by atoms with Gasteiger partial charge in [0.25, 0.3) is 0 Å². The Kier molecular flexibility index (Phi) is 3.91. The van der Waals surface area contributed by atoms with E-state index in [1.54, 1.807) is 0 Å². The molecule has 11 heavy (non-hydrogen) atoms. The monoisotopic (exact) mass is 155 g/mol. The highest BCUT2D eigenvalue weighted by Gasteiger charge is 2.17. The maximum atomic E-state index is 8.29. The van der Waals surface area contributed by atoms with Crippen molar-refractivity contribution in [1.29, 1.82) is 5.26 Å². The summed E-state index contributed by atoms with van der Waals surface area (Å²) in [6, 6.07) is 0. The molecule has 0 aromatic heterocycles. The Bertz CT molecular complexity index is 144. The lowest BCUT2D eigenvalue weighted by Crippen LogP contribution is -2.36. The fourth-order valence-corrected chi connectivity index (χ4v) is 1.19. The zero-order chi connectivity index (χ0) is 8.91. The molecule has 0 rings (SSSR count). The molecule has 0 saturated heterocycles. The van der Waals surface area contributed by atoms with E-state index in [2.05, 4.69) is 24.1 Å². The molecule has 0 aromatic rings. The number of nitriles is 1. The summed E-state index contributed by atoms with van der Waals surface area (Å²) < 4.78 is 0. The molecule has 0 aliphatic heterocycles. The molecule has 3 nitrogen and oxygen atoms in total. The van der Waals surface area contributed by atoms with E-state index in [0.717, 1.165) is 13.1 Å². The van der Waals surface area contributed by atoms with Gasteiger partial charge in [0.05, 0.1) is 0 Å². The summed E-state index contributed by atoms with van der Waals surface area (Å²) in [6.45, 7) is 6.00. The highest BCUT2D eigenvalue weighted by atomic mass is 15.1. The SMILES string of the molecule is CN(C)CC(C)(C)CNC#N. The van der Waals surface area contributed by atoms with Crippen LogP contribution in [-0.4, -0.2) is 32.1 Å². The van der Waals surface area contributed by atoms with Crippen molar-refractivity contribution in [3.05, 3.63) is 0 Å². The molecule has 0 aromatic carbocycles. The van der Waals surface area contributed by atoms with Crippen LogP contribution < -0.4 is 5.32 Å². The minimum absolute atomic E-state index is 0.166. The lowest BCUT2D eigenvalue weighted by atomic mass is 9.93. The molecule has 0 atom stereocenters. The van der Waals surface area contributed by atoms with E-state index in [4.69, 9.17) is 5.26 Å². The van der Waals surface area contributed by atoms with E-state index in [9.17, 15) is 0 Å². The smallest absolute Gasteiger partial charge is 0.176 e. The number of nitrogens with one attached hydrogen (secondary N) is 1. The van der Waals surface area contributed by atoms with Crippen molar-refractivity contribution in [2.75, 3.05) is 27.2 Å². The van der Waals surface area contributed by atoms with Crippen LogP contribution in [0.5, 0.6) is 0 Å². The van der Waals surface area contributed by atoms with Crippen molar-refractivity contribution in [3.63, 3.8) is 0 Å². The van der Waals surface area contributed by atoms with Crippen LogP contribution in [0.15, 0.2) is 0 Å². The Hall–Kier alpha value is -0.750. The third kappa shape index (κ3) is 5.68. The Morgan fingerprint density at radius 2 is 2.00 bits per heavy atom. The van der Waals surface area contributed by atoms with Gasteiger partial charge in [0.15, 0.2) is 6.19 Å². The molecular weight excluding hydrogens is 138 g/mol. The van der Waals surface area contributed by atoms with Crippen molar-refractivity contribution in [3.8, 4) is 6.19 Å². The molecule has 0 fully saturated rings. The lowest BCUT2D eigenvalue weighted by molar-refractivity contribution is 0.240. The zero-order valence-corrected chi connectivity index (χ0v) is 7.81. The van der Waals surface area contributed by atoms with E-state index in [1.807, 2.05) is 20.3 Å². The summed E-state index contributed by atoms with van der Waals surface area (Å²) in [7, 11) is 4.07. The number of rotatable bonds is 4. The normalized spacial score (nSPS) is 11.3. The zero-order valence-electron chi connectivity index (χ0n) is 7.81. The Balaban J connectivity index is 3.72. The fraction of sp³-hybridized carbons (Fsp3) is 0.875. The van der Waals surface area contributed by atoms with Gasteiger partial charge in [-0.25, -0.2) is 0 Å². The summed E-state index contributed by atoms with van der Waals surface area (Å²) in [5.41, 5.74) is 0.166. The maximum Gasteiger partial charge on any atom is 0.176 e. The first-order valence-electron chi connectivity index (χ1n) is 3.74. The van der Waals surface area contributed by atoms with Crippen LogP contribution in [0.3, 0.4) is 0 Å². The van der Waals surface area contributed by atoms with Gasteiger partial charge in [-0.05, 0) is 19.5 Å². The molecule has 0 amide bonds. The molecule has 64 valence electrons. The van der Waals surface area contributed by atoms with Crippen LogP contribution in [0.2, 0.25) is 0 Å². The van der Waals surface area contributed by atoms with E-state index >= 15 is 0 Å². The first-order chi connectivity index (χ1) is 4.98. The van der Waals surface area contributed by atoms with Gasteiger partial charge in [0, 0.05) is 13.1 Å². The summed E-state index contributed by atoms with van der Waals surface area (Å²) in [6.07, 6.45) is 1.93.